The van der Waals surface area contributed by atoms with Crippen LogP contribution in [0.3, 0.4) is 0 Å². The van der Waals surface area contributed by atoms with E-state index < -0.39 is 18.6 Å². The smallest absolute Gasteiger partial charge is 0.329 e. The molecule has 2 aromatic rings. The van der Waals surface area contributed by atoms with Crippen LogP contribution in [0, 0.1) is 0 Å². The van der Waals surface area contributed by atoms with E-state index in [1.165, 1.54) is 6.07 Å². The third-order valence-corrected chi connectivity index (χ3v) is 2.87. The number of hydrogen-bond acceptors (Lipinski definition) is 3. The summed E-state index contributed by atoms with van der Waals surface area (Å²) in [5, 5.41) is 0.815. The number of carbonyl (C=O) groups is 1. The summed E-state index contributed by atoms with van der Waals surface area (Å²) in [4.78, 5) is 16.9. The summed E-state index contributed by atoms with van der Waals surface area (Å²) in [5.41, 5.74) is 5.81. The molecule has 0 saturated heterocycles. The molecule has 1 amide bonds. The fraction of sp³-hybridized carbons (Fsp3) is 0.286. The van der Waals surface area contributed by atoms with Crippen LogP contribution >= 0.6 is 0 Å². The molecule has 1 aromatic heterocycles. The average Bonchev–Trinajstić information content (AvgIpc) is 2.44. The molecule has 2 N–H and O–H groups in total. The molecule has 1 aromatic carbocycles. The Balaban J connectivity index is 2.29. The Bertz CT molecular complexity index is 643. The van der Waals surface area contributed by atoms with Crippen molar-refractivity contribution in [2.45, 2.75) is 6.18 Å². The summed E-state index contributed by atoms with van der Waals surface area (Å²) >= 11 is 0. The molecule has 0 radical (unpaired) electrons. The maximum atomic E-state index is 12.5. The first-order valence-corrected chi connectivity index (χ1v) is 6.32. The Morgan fingerprint density at radius 3 is 2.57 bits per heavy atom. The molecular weight excluding hydrogens is 283 g/mol. The van der Waals surface area contributed by atoms with Gasteiger partial charge in [-0.2, -0.15) is 13.2 Å². The first-order valence-electron chi connectivity index (χ1n) is 6.32. The molecule has 7 heteroatoms. The molecule has 1 heterocycles. The van der Waals surface area contributed by atoms with Crippen LogP contribution in [0.1, 0.15) is 10.5 Å². The van der Waals surface area contributed by atoms with Crippen LogP contribution in [0.15, 0.2) is 36.4 Å². The van der Waals surface area contributed by atoms with E-state index >= 15 is 0 Å². The van der Waals surface area contributed by atoms with Gasteiger partial charge in [0.05, 0.1) is 5.52 Å². The van der Waals surface area contributed by atoms with Gasteiger partial charge in [0.15, 0.2) is 0 Å². The lowest BCUT2D eigenvalue weighted by molar-refractivity contribution is -0.140. The minimum atomic E-state index is -4.47. The van der Waals surface area contributed by atoms with Crippen LogP contribution in [0.25, 0.3) is 10.9 Å². The predicted octanol–water partition coefficient (Wildman–Crippen LogP) is 2.20. The number of alkyl halides is 3. The number of amides is 1. The van der Waals surface area contributed by atoms with E-state index in [1.54, 1.807) is 18.2 Å². The first-order chi connectivity index (χ1) is 9.90. The normalized spacial score (nSPS) is 11.6. The van der Waals surface area contributed by atoms with Crippen LogP contribution in [0.2, 0.25) is 0 Å². The number of hydrogen-bond donors (Lipinski definition) is 1. The molecule has 0 atom stereocenters. The molecule has 112 valence electrons. The van der Waals surface area contributed by atoms with E-state index in [9.17, 15) is 18.0 Å². The summed E-state index contributed by atoms with van der Waals surface area (Å²) < 4.78 is 37.5. The van der Waals surface area contributed by atoms with Crippen LogP contribution in [0.5, 0.6) is 0 Å². The van der Waals surface area contributed by atoms with Gasteiger partial charge in [-0.1, -0.05) is 24.3 Å². The van der Waals surface area contributed by atoms with Crippen LogP contribution in [-0.2, 0) is 0 Å². The Hall–Kier alpha value is -2.15. The Morgan fingerprint density at radius 1 is 1.19 bits per heavy atom. The highest BCUT2D eigenvalue weighted by molar-refractivity contribution is 5.94. The van der Waals surface area contributed by atoms with Crippen LogP contribution < -0.4 is 5.73 Å². The van der Waals surface area contributed by atoms with Crippen molar-refractivity contribution >= 4 is 16.8 Å². The van der Waals surface area contributed by atoms with E-state index in [-0.39, 0.29) is 18.8 Å². The van der Waals surface area contributed by atoms with Crippen molar-refractivity contribution in [2.75, 3.05) is 19.6 Å². The average molecular weight is 297 g/mol. The molecule has 0 aliphatic heterocycles. The van der Waals surface area contributed by atoms with Crippen molar-refractivity contribution in [3.05, 3.63) is 42.1 Å². The molecule has 0 aliphatic carbocycles. The predicted molar refractivity (Wildman–Crippen MR) is 72.8 cm³/mol. The summed E-state index contributed by atoms with van der Waals surface area (Å²) in [7, 11) is 0. The standard InChI is InChI=1S/C14H14F3N3O/c15-14(16,17)9-20(8-7-18)13(21)12-6-5-10-3-1-2-4-11(10)19-12/h1-6H,7-9,18H2. The van der Waals surface area contributed by atoms with Gasteiger partial charge in [0, 0.05) is 18.5 Å². The van der Waals surface area contributed by atoms with E-state index in [0.29, 0.717) is 10.4 Å². The van der Waals surface area contributed by atoms with Gasteiger partial charge in [-0.15, -0.1) is 0 Å². The lowest BCUT2D eigenvalue weighted by Crippen LogP contribution is -2.42. The van der Waals surface area contributed by atoms with Crippen molar-refractivity contribution in [3.8, 4) is 0 Å². The van der Waals surface area contributed by atoms with Gasteiger partial charge in [-0.3, -0.25) is 4.79 Å². The fourth-order valence-corrected chi connectivity index (χ4v) is 1.97. The number of halogens is 3. The number of nitrogens with two attached hydrogens (primary N) is 1. The van der Waals surface area contributed by atoms with E-state index in [4.69, 9.17) is 5.73 Å². The van der Waals surface area contributed by atoms with Gasteiger partial charge in [-0.05, 0) is 12.1 Å². The van der Waals surface area contributed by atoms with Gasteiger partial charge in [0.2, 0.25) is 0 Å². The molecule has 0 fully saturated rings. The molecular formula is C14H14F3N3O. The minimum Gasteiger partial charge on any atom is -0.329 e. The highest BCUT2D eigenvalue weighted by Crippen LogP contribution is 2.18. The third kappa shape index (κ3) is 3.91. The maximum absolute atomic E-state index is 12.5. The summed E-state index contributed by atoms with van der Waals surface area (Å²) in [6, 6.07) is 10.1. The molecule has 0 aliphatic rings. The second-order valence-electron chi connectivity index (χ2n) is 4.52. The number of nitrogens with zero attached hydrogens (tertiary/aromatic N) is 2. The van der Waals surface area contributed by atoms with Gasteiger partial charge in [0.25, 0.3) is 5.91 Å². The molecule has 0 saturated carbocycles. The SMILES string of the molecule is NCCN(CC(F)(F)F)C(=O)c1ccc2ccccc2n1. The number of pyridine rings is 1. The first kappa shape index (κ1) is 15.2. The monoisotopic (exact) mass is 297 g/mol. The van der Waals surface area contributed by atoms with Gasteiger partial charge < -0.3 is 10.6 Å². The fourth-order valence-electron chi connectivity index (χ4n) is 1.97. The van der Waals surface area contributed by atoms with Crippen molar-refractivity contribution in [1.82, 2.24) is 9.88 Å². The number of rotatable bonds is 4. The van der Waals surface area contributed by atoms with Crippen LogP contribution in [-0.4, -0.2) is 41.6 Å². The van der Waals surface area contributed by atoms with Gasteiger partial charge >= 0.3 is 6.18 Å². The minimum absolute atomic E-state index is 0.0219. The Kier molecular flexibility index (Phi) is 4.42. The largest absolute Gasteiger partial charge is 0.406 e. The molecule has 0 bridgehead atoms. The molecule has 0 unspecified atom stereocenters. The number of benzene rings is 1. The highest BCUT2D eigenvalue weighted by Gasteiger charge is 2.33. The van der Waals surface area contributed by atoms with Gasteiger partial charge in [0.1, 0.15) is 12.2 Å². The lowest BCUT2D eigenvalue weighted by atomic mass is 10.2. The Morgan fingerprint density at radius 2 is 1.90 bits per heavy atom. The zero-order valence-electron chi connectivity index (χ0n) is 11.1. The molecule has 0 spiro atoms. The topological polar surface area (TPSA) is 59.2 Å². The quantitative estimate of drug-likeness (QED) is 0.941. The van der Waals surface area contributed by atoms with Crippen molar-refractivity contribution in [3.63, 3.8) is 0 Å². The van der Waals surface area contributed by atoms with E-state index in [1.807, 2.05) is 12.1 Å². The zero-order chi connectivity index (χ0) is 15.5. The van der Waals surface area contributed by atoms with Crippen molar-refractivity contribution < 1.29 is 18.0 Å². The summed E-state index contributed by atoms with van der Waals surface area (Å²) in [6.07, 6.45) is -4.47. The van der Waals surface area contributed by atoms with Crippen molar-refractivity contribution in [2.24, 2.45) is 5.73 Å². The number of para-hydroxylation sites is 1. The number of aromatic nitrogens is 1. The second-order valence-corrected chi connectivity index (χ2v) is 4.52. The second kappa shape index (κ2) is 6.09. The van der Waals surface area contributed by atoms with Crippen LogP contribution in [0.4, 0.5) is 13.2 Å². The van der Waals surface area contributed by atoms with Gasteiger partial charge in [-0.25, -0.2) is 4.98 Å². The van der Waals surface area contributed by atoms with Crippen molar-refractivity contribution in [1.29, 1.82) is 0 Å². The molecule has 2 rings (SSSR count). The third-order valence-electron chi connectivity index (χ3n) is 2.87. The summed E-state index contributed by atoms with van der Waals surface area (Å²) in [5.74, 6) is -0.775. The van der Waals surface area contributed by atoms with E-state index in [0.717, 1.165) is 5.39 Å². The van der Waals surface area contributed by atoms with E-state index in [2.05, 4.69) is 4.98 Å². The summed E-state index contributed by atoms with van der Waals surface area (Å²) in [6.45, 7) is -1.56. The highest BCUT2D eigenvalue weighted by atomic mass is 19.4. The molecule has 4 nitrogen and oxygen atoms in total. The Labute approximate surface area is 119 Å². The zero-order valence-corrected chi connectivity index (χ0v) is 11.1. The lowest BCUT2D eigenvalue weighted by Gasteiger charge is -2.23. The molecule has 21 heavy (non-hydrogen) atoms. The maximum Gasteiger partial charge on any atom is 0.406 e. The number of fused-ring (bicyclic) bond motifs is 1. The number of carbonyl (C=O) groups excluding carboxylic acids is 1.